The number of rotatable bonds is 9. The maximum atomic E-state index is 12.9. The van der Waals surface area contributed by atoms with E-state index < -0.39 is 6.10 Å². The Labute approximate surface area is 183 Å². The highest BCUT2D eigenvalue weighted by Crippen LogP contribution is 2.19. The molecule has 3 aromatic carbocycles. The first kappa shape index (κ1) is 22.1. The number of benzene rings is 3. The zero-order chi connectivity index (χ0) is 22.1. The summed E-state index contributed by atoms with van der Waals surface area (Å²) in [6.07, 6.45) is 0.790. The Kier molecular flexibility index (Phi) is 7.82. The zero-order valence-corrected chi connectivity index (χ0v) is 17.9. The van der Waals surface area contributed by atoms with Crippen LogP contribution in [0.1, 0.15) is 41.8 Å². The van der Waals surface area contributed by atoms with Crippen molar-refractivity contribution in [1.29, 1.82) is 0 Å². The Morgan fingerprint density at radius 3 is 2.19 bits per heavy atom. The van der Waals surface area contributed by atoms with Crippen LogP contribution in [-0.2, 0) is 17.8 Å². The summed E-state index contributed by atoms with van der Waals surface area (Å²) in [5, 5.41) is 5.76. The number of nitrogens with one attached hydrogen (secondary N) is 2. The molecule has 1 atom stereocenters. The fraction of sp³-hybridized carbons (Fsp3) is 0.231. The van der Waals surface area contributed by atoms with E-state index in [0.29, 0.717) is 30.0 Å². The fourth-order valence-electron chi connectivity index (χ4n) is 3.17. The molecule has 3 rings (SSSR count). The molecule has 0 aliphatic heterocycles. The van der Waals surface area contributed by atoms with Crippen LogP contribution in [0, 0.1) is 0 Å². The molecule has 160 valence electrons. The third-order valence-corrected chi connectivity index (χ3v) is 5.00. The van der Waals surface area contributed by atoms with Crippen molar-refractivity contribution in [3.8, 4) is 5.75 Å². The summed E-state index contributed by atoms with van der Waals surface area (Å²) in [4.78, 5) is 25.6. The average Bonchev–Trinajstić information content (AvgIpc) is 2.82. The van der Waals surface area contributed by atoms with Gasteiger partial charge in [0.2, 0.25) is 0 Å². The predicted molar refractivity (Wildman–Crippen MR) is 123 cm³/mol. The van der Waals surface area contributed by atoms with Crippen molar-refractivity contribution in [1.82, 2.24) is 5.32 Å². The molecule has 0 saturated heterocycles. The van der Waals surface area contributed by atoms with Crippen LogP contribution < -0.4 is 15.4 Å². The number of hydrogen-bond donors (Lipinski definition) is 2. The lowest BCUT2D eigenvalue weighted by Crippen LogP contribution is -2.33. The Balaban J connectivity index is 1.66. The van der Waals surface area contributed by atoms with Gasteiger partial charge in [-0.3, -0.25) is 9.59 Å². The Morgan fingerprint density at radius 1 is 0.839 bits per heavy atom. The lowest BCUT2D eigenvalue weighted by Gasteiger charge is -2.18. The van der Waals surface area contributed by atoms with Gasteiger partial charge >= 0.3 is 0 Å². The SMILES string of the molecule is CCc1ccc(O[C@@H](CC)C(=O)Nc2ccccc2C(=O)NCc2ccccc2)cc1. The molecule has 0 aliphatic rings. The van der Waals surface area contributed by atoms with Gasteiger partial charge in [-0.05, 0) is 48.2 Å². The molecule has 31 heavy (non-hydrogen) atoms. The molecule has 5 heteroatoms. The van der Waals surface area contributed by atoms with Crippen LogP contribution in [0.15, 0.2) is 78.9 Å². The lowest BCUT2D eigenvalue weighted by atomic mass is 10.1. The van der Waals surface area contributed by atoms with E-state index >= 15 is 0 Å². The van der Waals surface area contributed by atoms with Crippen LogP contribution in [0.3, 0.4) is 0 Å². The first-order valence-corrected chi connectivity index (χ1v) is 10.6. The van der Waals surface area contributed by atoms with Gasteiger partial charge in [-0.15, -0.1) is 0 Å². The van der Waals surface area contributed by atoms with Crippen LogP contribution in [0.25, 0.3) is 0 Å². The number of carbonyl (C=O) groups is 2. The van der Waals surface area contributed by atoms with E-state index in [4.69, 9.17) is 4.74 Å². The van der Waals surface area contributed by atoms with E-state index in [2.05, 4.69) is 17.6 Å². The minimum atomic E-state index is -0.659. The number of carbonyl (C=O) groups excluding carboxylic acids is 2. The van der Waals surface area contributed by atoms with Gasteiger partial charge in [0.05, 0.1) is 11.3 Å². The molecule has 0 aromatic heterocycles. The molecule has 0 saturated carbocycles. The smallest absolute Gasteiger partial charge is 0.265 e. The third-order valence-electron chi connectivity index (χ3n) is 5.00. The molecule has 2 amide bonds. The van der Waals surface area contributed by atoms with Crippen molar-refractivity contribution < 1.29 is 14.3 Å². The monoisotopic (exact) mass is 416 g/mol. The highest BCUT2D eigenvalue weighted by atomic mass is 16.5. The van der Waals surface area contributed by atoms with Gasteiger partial charge in [0, 0.05) is 6.54 Å². The Bertz CT molecular complexity index is 1000. The van der Waals surface area contributed by atoms with Gasteiger partial charge in [0.15, 0.2) is 6.10 Å². The zero-order valence-electron chi connectivity index (χ0n) is 17.9. The number of aryl methyl sites for hydroxylation is 1. The molecule has 5 nitrogen and oxygen atoms in total. The number of ether oxygens (including phenoxy) is 1. The molecule has 2 N–H and O–H groups in total. The van der Waals surface area contributed by atoms with Gasteiger partial charge in [0.1, 0.15) is 5.75 Å². The molecule has 0 aliphatic carbocycles. The van der Waals surface area contributed by atoms with Crippen LogP contribution in [0.4, 0.5) is 5.69 Å². The lowest BCUT2D eigenvalue weighted by molar-refractivity contribution is -0.122. The predicted octanol–water partition coefficient (Wildman–Crippen LogP) is 4.98. The minimum absolute atomic E-state index is 0.246. The summed E-state index contributed by atoms with van der Waals surface area (Å²) in [6, 6.07) is 24.4. The quantitative estimate of drug-likeness (QED) is 0.517. The third kappa shape index (κ3) is 6.19. The first-order chi connectivity index (χ1) is 15.1. The van der Waals surface area contributed by atoms with E-state index in [1.165, 1.54) is 5.56 Å². The summed E-state index contributed by atoms with van der Waals surface area (Å²) in [5.74, 6) is 0.113. The number of amides is 2. The summed E-state index contributed by atoms with van der Waals surface area (Å²) >= 11 is 0. The first-order valence-electron chi connectivity index (χ1n) is 10.6. The maximum absolute atomic E-state index is 12.9. The number of hydrogen-bond acceptors (Lipinski definition) is 3. The largest absolute Gasteiger partial charge is 0.481 e. The Morgan fingerprint density at radius 2 is 1.52 bits per heavy atom. The highest BCUT2D eigenvalue weighted by Gasteiger charge is 2.21. The van der Waals surface area contributed by atoms with E-state index in [9.17, 15) is 9.59 Å². The molecule has 0 radical (unpaired) electrons. The van der Waals surface area contributed by atoms with Gasteiger partial charge in [-0.25, -0.2) is 0 Å². The van der Waals surface area contributed by atoms with Gasteiger partial charge < -0.3 is 15.4 Å². The van der Waals surface area contributed by atoms with Crippen molar-refractivity contribution in [3.63, 3.8) is 0 Å². The van der Waals surface area contributed by atoms with Crippen LogP contribution in [0.5, 0.6) is 5.75 Å². The van der Waals surface area contributed by atoms with Gasteiger partial charge in [-0.1, -0.05) is 68.4 Å². The summed E-state index contributed by atoms with van der Waals surface area (Å²) < 4.78 is 5.89. The normalized spacial score (nSPS) is 11.4. The molecule has 0 unspecified atom stereocenters. The van der Waals surface area contributed by atoms with Crippen LogP contribution in [-0.4, -0.2) is 17.9 Å². The summed E-state index contributed by atoms with van der Waals surface area (Å²) in [7, 11) is 0. The molecule has 0 fully saturated rings. The molecular weight excluding hydrogens is 388 g/mol. The second-order valence-corrected chi connectivity index (χ2v) is 7.22. The second-order valence-electron chi connectivity index (χ2n) is 7.22. The van der Waals surface area contributed by atoms with Gasteiger partial charge in [-0.2, -0.15) is 0 Å². The molecule has 0 heterocycles. The van der Waals surface area contributed by atoms with E-state index in [0.717, 1.165) is 12.0 Å². The minimum Gasteiger partial charge on any atom is -0.481 e. The summed E-state index contributed by atoms with van der Waals surface area (Å²) in [6.45, 7) is 4.39. The van der Waals surface area contributed by atoms with Crippen molar-refractivity contribution in [2.24, 2.45) is 0 Å². The van der Waals surface area contributed by atoms with E-state index in [-0.39, 0.29) is 11.8 Å². The van der Waals surface area contributed by atoms with Crippen molar-refractivity contribution in [2.75, 3.05) is 5.32 Å². The van der Waals surface area contributed by atoms with Crippen molar-refractivity contribution in [3.05, 3.63) is 95.6 Å². The van der Waals surface area contributed by atoms with E-state index in [1.807, 2.05) is 61.5 Å². The standard InChI is InChI=1S/C26H28N2O3/c1-3-19-14-16-21(17-15-19)31-24(4-2)26(30)28-23-13-9-8-12-22(23)25(29)27-18-20-10-6-5-7-11-20/h5-17,24H,3-4,18H2,1-2H3,(H,27,29)(H,28,30)/t24-/m0/s1. The number of para-hydroxylation sites is 1. The highest BCUT2D eigenvalue weighted by molar-refractivity contribution is 6.04. The summed E-state index contributed by atoms with van der Waals surface area (Å²) in [5.41, 5.74) is 3.08. The fourth-order valence-corrected chi connectivity index (χ4v) is 3.17. The van der Waals surface area contributed by atoms with Crippen LogP contribution >= 0.6 is 0 Å². The molecule has 0 spiro atoms. The molecular formula is C26H28N2O3. The maximum Gasteiger partial charge on any atom is 0.265 e. The van der Waals surface area contributed by atoms with Crippen molar-refractivity contribution in [2.45, 2.75) is 39.3 Å². The van der Waals surface area contributed by atoms with E-state index in [1.54, 1.807) is 24.3 Å². The second kappa shape index (κ2) is 11.0. The van der Waals surface area contributed by atoms with Crippen LogP contribution in [0.2, 0.25) is 0 Å². The topological polar surface area (TPSA) is 67.4 Å². The average molecular weight is 417 g/mol. The van der Waals surface area contributed by atoms with Crippen molar-refractivity contribution >= 4 is 17.5 Å². The molecule has 3 aromatic rings. The Hall–Kier alpha value is -3.60. The number of anilines is 1. The van der Waals surface area contributed by atoms with Gasteiger partial charge in [0.25, 0.3) is 11.8 Å². The molecule has 0 bridgehead atoms.